The number of aromatic nitrogens is 2. The van der Waals surface area contributed by atoms with Crippen LogP contribution in [0.15, 0.2) is 22.9 Å². The summed E-state index contributed by atoms with van der Waals surface area (Å²) in [7, 11) is 0. The highest BCUT2D eigenvalue weighted by Crippen LogP contribution is 2.41. The van der Waals surface area contributed by atoms with Crippen LogP contribution in [-0.4, -0.2) is 47.8 Å². The van der Waals surface area contributed by atoms with Crippen molar-refractivity contribution in [2.75, 3.05) is 37.6 Å². The highest BCUT2D eigenvalue weighted by Gasteiger charge is 2.34. The Labute approximate surface area is 186 Å². The quantitative estimate of drug-likeness (QED) is 0.579. The summed E-state index contributed by atoms with van der Waals surface area (Å²) in [5, 5.41) is 5.57. The minimum Gasteiger partial charge on any atom is -0.382 e. The highest BCUT2D eigenvalue weighted by atomic mass is 16.5. The molecule has 2 aliphatic rings. The first-order valence-corrected chi connectivity index (χ1v) is 12.0. The van der Waals surface area contributed by atoms with Crippen LogP contribution in [0.3, 0.4) is 0 Å². The summed E-state index contributed by atoms with van der Waals surface area (Å²) in [6.45, 7) is 19.8. The number of rotatable bonds is 3. The number of fused-ring (bicyclic) bond motifs is 3. The van der Waals surface area contributed by atoms with Gasteiger partial charge in [0.1, 0.15) is 0 Å². The van der Waals surface area contributed by atoms with E-state index in [9.17, 15) is 0 Å². The van der Waals surface area contributed by atoms with Gasteiger partial charge in [-0.2, -0.15) is 0 Å². The van der Waals surface area contributed by atoms with Crippen molar-refractivity contribution >= 4 is 27.6 Å². The summed E-state index contributed by atoms with van der Waals surface area (Å²) in [5.74, 6) is 1.62. The molecule has 5 heteroatoms. The van der Waals surface area contributed by atoms with Gasteiger partial charge >= 0.3 is 0 Å². The number of likely N-dealkylation sites (tertiary alicyclic amines) is 1. The molecule has 1 aromatic carbocycles. The topological polar surface area (TPSA) is 48.3 Å². The monoisotopic (exact) mass is 422 g/mol. The Kier molecular flexibility index (Phi) is 4.89. The molecule has 0 amide bonds. The molecule has 0 radical (unpaired) electrons. The van der Waals surface area contributed by atoms with E-state index in [0.717, 1.165) is 41.7 Å². The minimum atomic E-state index is -0.000736. The molecule has 168 valence electrons. The van der Waals surface area contributed by atoms with Crippen molar-refractivity contribution in [1.29, 1.82) is 0 Å². The molecule has 4 heterocycles. The van der Waals surface area contributed by atoms with E-state index in [1.54, 1.807) is 0 Å². The van der Waals surface area contributed by atoms with Gasteiger partial charge in [0, 0.05) is 48.6 Å². The normalized spacial score (nSPS) is 20.1. The van der Waals surface area contributed by atoms with Gasteiger partial charge in [-0.15, -0.1) is 0 Å². The second-order valence-corrected chi connectivity index (χ2v) is 12.0. The Balaban J connectivity index is 1.29. The number of H-pyrrole nitrogens is 1. The van der Waals surface area contributed by atoms with Crippen molar-refractivity contribution in [1.82, 2.24) is 15.0 Å². The van der Waals surface area contributed by atoms with Crippen LogP contribution in [-0.2, 0) is 5.41 Å². The van der Waals surface area contributed by atoms with Crippen LogP contribution in [0.1, 0.15) is 60.1 Å². The number of nitrogens with zero attached hydrogens (tertiary/aromatic N) is 3. The molecule has 2 aliphatic heterocycles. The molecule has 2 aromatic heterocycles. The van der Waals surface area contributed by atoms with Crippen molar-refractivity contribution < 1.29 is 4.52 Å². The van der Waals surface area contributed by atoms with E-state index in [2.05, 4.69) is 68.6 Å². The maximum Gasteiger partial charge on any atom is 0.166 e. The van der Waals surface area contributed by atoms with Crippen molar-refractivity contribution in [3.63, 3.8) is 0 Å². The summed E-state index contributed by atoms with van der Waals surface area (Å²) >= 11 is 0. The number of benzene rings is 1. The smallest absolute Gasteiger partial charge is 0.166 e. The third-order valence-electron chi connectivity index (χ3n) is 7.62. The lowest BCUT2D eigenvalue weighted by molar-refractivity contribution is 0.0966. The maximum absolute atomic E-state index is 5.91. The van der Waals surface area contributed by atoms with Crippen molar-refractivity contribution in [2.24, 2.45) is 17.3 Å². The van der Waals surface area contributed by atoms with Crippen molar-refractivity contribution in [3.05, 3.63) is 24.0 Å². The fourth-order valence-corrected chi connectivity index (χ4v) is 5.63. The zero-order valence-electron chi connectivity index (χ0n) is 20.1. The van der Waals surface area contributed by atoms with E-state index in [-0.39, 0.29) is 5.41 Å². The van der Waals surface area contributed by atoms with Gasteiger partial charge < -0.3 is 14.3 Å². The van der Waals surface area contributed by atoms with E-state index >= 15 is 0 Å². The standard InChI is InChI=1S/C26H38N4O/c1-25(2,3)18-8-11-29(12-9-18)14-17-15-30(16-17)20-13-21-22(19-7-10-27-23(19)20)24(28-31-21)26(4,5)6/h7,10,13,17-18,28H,8-9,11-12,14-16H2,1-6H3. The first kappa shape index (κ1) is 20.9. The van der Waals surface area contributed by atoms with Crippen LogP contribution in [0.2, 0.25) is 0 Å². The number of anilines is 1. The largest absolute Gasteiger partial charge is 0.382 e. The predicted octanol–water partition coefficient (Wildman–Crippen LogP) is 5.80. The lowest BCUT2D eigenvalue weighted by Crippen LogP contribution is -2.53. The molecule has 0 saturated carbocycles. The van der Waals surface area contributed by atoms with Gasteiger partial charge in [-0.1, -0.05) is 41.5 Å². The van der Waals surface area contributed by atoms with Crippen molar-refractivity contribution in [3.8, 4) is 0 Å². The minimum absolute atomic E-state index is 0.000736. The Hall–Kier alpha value is -2.01. The van der Waals surface area contributed by atoms with Gasteiger partial charge in [0.25, 0.3) is 0 Å². The number of hydrogen-bond donors (Lipinski definition) is 1. The van der Waals surface area contributed by atoms with Crippen LogP contribution >= 0.6 is 0 Å². The second-order valence-electron chi connectivity index (χ2n) is 12.0. The highest BCUT2D eigenvalue weighted by molar-refractivity contribution is 6.11. The third-order valence-corrected chi connectivity index (χ3v) is 7.62. The number of hydrogen-bond acceptors (Lipinski definition) is 4. The first-order chi connectivity index (χ1) is 14.6. The van der Waals surface area contributed by atoms with Gasteiger partial charge in [0.15, 0.2) is 5.58 Å². The fraction of sp³-hybridized carbons (Fsp3) is 0.654. The van der Waals surface area contributed by atoms with E-state index in [1.807, 2.05) is 6.20 Å². The molecule has 0 bridgehead atoms. The Morgan fingerprint density at radius 3 is 2.45 bits per heavy atom. The Morgan fingerprint density at radius 1 is 1.10 bits per heavy atom. The number of aromatic amines is 1. The molecular weight excluding hydrogens is 384 g/mol. The molecule has 0 spiro atoms. The van der Waals surface area contributed by atoms with E-state index < -0.39 is 0 Å². The van der Waals surface area contributed by atoms with E-state index in [4.69, 9.17) is 9.51 Å². The third kappa shape index (κ3) is 3.75. The molecule has 31 heavy (non-hydrogen) atoms. The first-order valence-electron chi connectivity index (χ1n) is 12.0. The van der Waals surface area contributed by atoms with Gasteiger partial charge in [-0.05, 0) is 43.3 Å². The van der Waals surface area contributed by atoms with Gasteiger partial charge in [-0.3, -0.25) is 4.98 Å². The Bertz CT molecular complexity index is 1070. The molecule has 5 rings (SSSR count). The van der Waals surface area contributed by atoms with Gasteiger partial charge in [0.05, 0.1) is 22.3 Å². The number of nitrogens with one attached hydrogen (secondary N) is 1. The lowest BCUT2D eigenvalue weighted by atomic mass is 9.75. The van der Waals surface area contributed by atoms with Crippen molar-refractivity contribution in [2.45, 2.75) is 59.8 Å². The van der Waals surface area contributed by atoms with Gasteiger partial charge in [0.2, 0.25) is 0 Å². The SMILES string of the molecule is CC(C)(C)c1[nH]oc2cc(N3CC(CN4CCC(C(C)(C)C)CC4)C3)c3nccc3c12. The summed E-state index contributed by atoms with van der Waals surface area (Å²) in [5.41, 5.74) is 4.86. The molecule has 2 fully saturated rings. The zero-order valence-corrected chi connectivity index (χ0v) is 20.1. The number of piperidine rings is 1. The van der Waals surface area contributed by atoms with Gasteiger partial charge in [-0.25, -0.2) is 5.16 Å². The molecule has 1 N–H and O–H groups in total. The maximum atomic E-state index is 5.91. The molecule has 5 nitrogen and oxygen atoms in total. The molecule has 0 atom stereocenters. The summed E-state index contributed by atoms with van der Waals surface area (Å²) in [4.78, 5) is 9.92. The van der Waals surface area contributed by atoms with Crippen LogP contribution in [0.5, 0.6) is 0 Å². The summed E-state index contributed by atoms with van der Waals surface area (Å²) in [6.07, 6.45) is 4.63. The zero-order chi connectivity index (χ0) is 22.0. The van der Waals surface area contributed by atoms with Crippen LogP contribution in [0.25, 0.3) is 21.9 Å². The van der Waals surface area contributed by atoms with Crippen LogP contribution in [0, 0.1) is 17.3 Å². The molecular formula is C26H38N4O. The molecule has 3 aromatic rings. The second kappa shape index (κ2) is 7.26. The van der Waals surface area contributed by atoms with E-state index in [0.29, 0.717) is 5.41 Å². The lowest BCUT2D eigenvalue weighted by Gasteiger charge is -2.45. The Morgan fingerprint density at radius 2 is 1.81 bits per heavy atom. The van der Waals surface area contributed by atoms with Crippen LogP contribution < -0.4 is 4.90 Å². The summed E-state index contributed by atoms with van der Waals surface area (Å²) in [6, 6.07) is 4.33. The van der Waals surface area contributed by atoms with E-state index in [1.165, 1.54) is 48.9 Å². The predicted molar refractivity (Wildman–Crippen MR) is 129 cm³/mol. The average molecular weight is 423 g/mol. The average Bonchev–Trinajstić information content (AvgIpc) is 3.29. The molecule has 2 saturated heterocycles. The molecule has 0 unspecified atom stereocenters. The fourth-order valence-electron chi connectivity index (χ4n) is 5.63. The molecule has 0 aliphatic carbocycles. The van der Waals surface area contributed by atoms with Crippen LogP contribution in [0.4, 0.5) is 5.69 Å². The summed E-state index contributed by atoms with van der Waals surface area (Å²) < 4.78 is 5.91.